The molecular weight excluding hydrogens is 468 g/mol. The normalized spacial score (nSPS) is 11.0. The average Bonchev–Trinajstić information content (AvgIpc) is 2.90. The van der Waals surface area contributed by atoms with Crippen molar-refractivity contribution in [1.82, 2.24) is 0 Å². The van der Waals surface area contributed by atoms with Gasteiger partial charge in [0.1, 0.15) is 0 Å². The molecule has 0 saturated heterocycles. The minimum atomic E-state index is 0.523. The van der Waals surface area contributed by atoms with Gasteiger partial charge in [0.2, 0.25) is 0 Å². The van der Waals surface area contributed by atoms with Gasteiger partial charge in [0.05, 0.1) is 0 Å². The summed E-state index contributed by atoms with van der Waals surface area (Å²) in [6.07, 6.45) is 25.0. The summed E-state index contributed by atoms with van der Waals surface area (Å²) >= 11 is 0. The zero-order valence-corrected chi connectivity index (χ0v) is 27.6. The molecule has 39 heavy (non-hydrogen) atoms. The molecule has 224 valence electrons. The zero-order chi connectivity index (χ0) is 29.0. The standard InChI is InChI=1S/C19H32.C16H26.C4H10/c1-19(2,3)17-13-8-6-4-5-7-10-14-18-15-11-9-12-16-18;1-2-3-4-5-6-7-8-10-13-16-14-11-9-12-15-16;1-4(2)3/h9,11-12,15-16H,4-8,10,13-14,17H2,1-3H3;9,11-12,14-15H,2-8,10,13H2,1H3;4H,1-3H3. The lowest BCUT2D eigenvalue weighted by Gasteiger charge is -2.17. The second kappa shape index (κ2) is 26.7. The number of hydrogen-bond donors (Lipinski definition) is 0. The summed E-state index contributed by atoms with van der Waals surface area (Å²) in [4.78, 5) is 0. The molecule has 2 rings (SSSR count). The van der Waals surface area contributed by atoms with Crippen LogP contribution in [0.4, 0.5) is 0 Å². The summed E-state index contributed by atoms with van der Waals surface area (Å²) in [6, 6.07) is 21.7. The van der Waals surface area contributed by atoms with Gasteiger partial charge in [-0.15, -0.1) is 0 Å². The molecule has 0 aromatic heterocycles. The van der Waals surface area contributed by atoms with Gasteiger partial charge in [0.15, 0.2) is 0 Å². The zero-order valence-electron chi connectivity index (χ0n) is 27.6. The molecule has 0 aliphatic rings. The fraction of sp³-hybridized carbons (Fsp3) is 0.692. The van der Waals surface area contributed by atoms with E-state index in [-0.39, 0.29) is 0 Å². The van der Waals surface area contributed by atoms with Crippen molar-refractivity contribution < 1.29 is 0 Å². The Kier molecular flexibility index (Phi) is 25.6. The molecule has 0 unspecified atom stereocenters. The van der Waals surface area contributed by atoms with E-state index in [4.69, 9.17) is 0 Å². The Bertz CT molecular complexity index is 704. The summed E-state index contributed by atoms with van der Waals surface area (Å²) in [7, 11) is 0. The number of aryl methyl sites for hydroxylation is 2. The molecule has 0 N–H and O–H groups in total. The van der Waals surface area contributed by atoms with Crippen LogP contribution in [0.1, 0.15) is 162 Å². The van der Waals surface area contributed by atoms with E-state index in [1.165, 1.54) is 127 Å². The summed E-state index contributed by atoms with van der Waals surface area (Å²) in [5.41, 5.74) is 3.51. The maximum absolute atomic E-state index is 2.34. The number of unbranched alkanes of at least 4 members (excludes halogenated alkanes) is 13. The molecule has 2 aromatic carbocycles. The van der Waals surface area contributed by atoms with Crippen molar-refractivity contribution in [3.8, 4) is 0 Å². The Balaban J connectivity index is 0.000000658. The summed E-state index contributed by atoms with van der Waals surface area (Å²) in [5, 5.41) is 0. The second-order valence-electron chi connectivity index (χ2n) is 13.5. The molecular formula is C39H68. The molecule has 0 amide bonds. The van der Waals surface area contributed by atoms with Gasteiger partial charge < -0.3 is 0 Å². The first-order valence-corrected chi connectivity index (χ1v) is 16.8. The Hall–Kier alpha value is -1.56. The van der Waals surface area contributed by atoms with E-state index >= 15 is 0 Å². The topological polar surface area (TPSA) is 0 Å². The van der Waals surface area contributed by atoms with Crippen molar-refractivity contribution in [1.29, 1.82) is 0 Å². The maximum atomic E-state index is 2.34. The average molecular weight is 537 g/mol. The van der Waals surface area contributed by atoms with Crippen molar-refractivity contribution in [3.05, 3.63) is 71.8 Å². The third-order valence-electron chi connectivity index (χ3n) is 6.90. The molecule has 0 spiro atoms. The van der Waals surface area contributed by atoms with Crippen LogP contribution in [0.15, 0.2) is 60.7 Å². The van der Waals surface area contributed by atoms with Crippen molar-refractivity contribution >= 4 is 0 Å². The van der Waals surface area contributed by atoms with Crippen molar-refractivity contribution in [3.63, 3.8) is 0 Å². The van der Waals surface area contributed by atoms with Crippen molar-refractivity contribution in [2.24, 2.45) is 11.3 Å². The van der Waals surface area contributed by atoms with E-state index in [1.807, 2.05) is 0 Å². The van der Waals surface area contributed by atoms with E-state index in [0.29, 0.717) is 5.41 Å². The first-order valence-electron chi connectivity index (χ1n) is 16.8. The molecule has 2 aromatic rings. The van der Waals surface area contributed by atoms with Crippen LogP contribution >= 0.6 is 0 Å². The van der Waals surface area contributed by atoms with Crippen LogP contribution in [0.5, 0.6) is 0 Å². The van der Waals surface area contributed by atoms with Gasteiger partial charge >= 0.3 is 0 Å². The molecule has 0 fully saturated rings. The Morgan fingerprint density at radius 3 is 1.10 bits per heavy atom. The highest BCUT2D eigenvalue weighted by Gasteiger charge is 2.08. The van der Waals surface area contributed by atoms with E-state index in [1.54, 1.807) is 0 Å². The minimum absolute atomic E-state index is 0.523. The summed E-state index contributed by atoms with van der Waals surface area (Å²) in [6.45, 7) is 15.8. The predicted molar refractivity (Wildman–Crippen MR) is 180 cm³/mol. The van der Waals surface area contributed by atoms with Crippen LogP contribution in [-0.2, 0) is 12.8 Å². The van der Waals surface area contributed by atoms with Crippen LogP contribution in [0.2, 0.25) is 0 Å². The minimum Gasteiger partial charge on any atom is -0.0654 e. The lowest BCUT2D eigenvalue weighted by molar-refractivity contribution is 0.356. The van der Waals surface area contributed by atoms with Gasteiger partial charge in [-0.3, -0.25) is 0 Å². The first kappa shape index (κ1) is 37.4. The van der Waals surface area contributed by atoms with Crippen LogP contribution in [0.25, 0.3) is 0 Å². The maximum Gasteiger partial charge on any atom is -0.0279 e. The molecule has 0 heteroatoms. The third kappa shape index (κ3) is 30.8. The van der Waals surface area contributed by atoms with Gasteiger partial charge in [0, 0.05) is 0 Å². The Morgan fingerprint density at radius 1 is 0.462 bits per heavy atom. The van der Waals surface area contributed by atoms with Crippen LogP contribution in [0, 0.1) is 11.3 Å². The Morgan fingerprint density at radius 2 is 0.769 bits per heavy atom. The molecule has 0 bridgehead atoms. The third-order valence-corrected chi connectivity index (χ3v) is 6.90. The highest BCUT2D eigenvalue weighted by atomic mass is 14.1. The highest BCUT2D eigenvalue weighted by molar-refractivity contribution is 5.15. The van der Waals surface area contributed by atoms with Gasteiger partial charge in [-0.25, -0.2) is 0 Å². The monoisotopic (exact) mass is 537 g/mol. The number of hydrogen-bond acceptors (Lipinski definition) is 0. The van der Waals surface area contributed by atoms with Crippen LogP contribution < -0.4 is 0 Å². The predicted octanol–water partition coefficient (Wildman–Crippen LogP) is 13.4. The van der Waals surface area contributed by atoms with E-state index < -0.39 is 0 Å². The van der Waals surface area contributed by atoms with Gasteiger partial charge in [-0.05, 0) is 54.6 Å². The molecule has 0 heterocycles. The first-order chi connectivity index (χ1) is 18.7. The molecule has 0 saturated carbocycles. The van der Waals surface area contributed by atoms with E-state index in [9.17, 15) is 0 Å². The number of benzene rings is 2. The lowest BCUT2D eigenvalue weighted by atomic mass is 9.89. The SMILES string of the molecule is CC(C)(C)CCCCCCCCCc1ccccc1.CC(C)C.CCCCCCCCCCc1ccccc1. The summed E-state index contributed by atoms with van der Waals surface area (Å²) < 4.78 is 0. The Labute approximate surface area is 246 Å². The molecule has 0 radical (unpaired) electrons. The van der Waals surface area contributed by atoms with Gasteiger partial charge in [0.25, 0.3) is 0 Å². The summed E-state index contributed by atoms with van der Waals surface area (Å²) in [5.74, 6) is 0.833. The quantitative estimate of drug-likeness (QED) is 0.166. The number of rotatable bonds is 18. The largest absolute Gasteiger partial charge is 0.0654 e. The molecule has 0 aliphatic carbocycles. The van der Waals surface area contributed by atoms with Gasteiger partial charge in [-0.1, -0.05) is 193 Å². The van der Waals surface area contributed by atoms with Gasteiger partial charge in [-0.2, -0.15) is 0 Å². The van der Waals surface area contributed by atoms with E-state index in [2.05, 4.69) is 109 Å². The smallest absolute Gasteiger partial charge is 0.0279 e. The van der Waals surface area contributed by atoms with Crippen LogP contribution in [-0.4, -0.2) is 0 Å². The van der Waals surface area contributed by atoms with Crippen molar-refractivity contribution in [2.45, 2.75) is 164 Å². The molecule has 0 aliphatic heterocycles. The highest BCUT2D eigenvalue weighted by Crippen LogP contribution is 2.22. The van der Waals surface area contributed by atoms with E-state index in [0.717, 1.165) is 5.92 Å². The fourth-order valence-electron chi connectivity index (χ4n) is 4.62. The second-order valence-corrected chi connectivity index (χ2v) is 13.5. The lowest BCUT2D eigenvalue weighted by Crippen LogP contribution is -2.03. The van der Waals surface area contributed by atoms with Crippen molar-refractivity contribution in [2.75, 3.05) is 0 Å². The molecule has 0 nitrogen and oxygen atoms in total. The molecule has 0 atom stereocenters. The fourth-order valence-corrected chi connectivity index (χ4v) is 4.62. The van der Waals surface area contributed by atoms with Crippen LogP contribution in [0.3, 0.4) is 0 Å².